The summed E-state index contributed by atoms with van der Waals surface area (Å²) in [5.74, 6) is 3.23. The molecule has 102 valence electrons. The molecule has 0 aromatic rings. The fourth-order valence-corrected chi connectivity index (χ4v) is 7.19. The smallest absolute Gasteiger partial charge is 0.00723 e. The zero-order valence-corrected chi connectivity index (χ0v) is 12.0. The molecule has 5 rings (SSSR count). The maximum absolute atomic E-state index is 6.55. The second-order valence-corrected chi connectivity index (χ2v) is 8.35. The van der Waals surface area contributed by atoms with Crippen LogP contribution in [-0.4, -0.2) is 6.04 Å². The summed E-state index contributed by atoms with van der Waals surface area (Å²) in [6.45, 7) is 2.32. The van der Waals surface area contributed by atoms with Gasteiger partial charge in [0.1, 0.15) is 0 Å². The first-order valence-electron chi connectivity index (χ1n) is 8.39. The molecule has 5 aliphatic rings. The summed E-state index contributed by atoms with van der Waals surface area (Å²) < 4.78 is 0. The van der Waals surface area contributed by atoms with Gasteiger partial charge in [-0.25, -0.2) is 0 Å². The van der Waals surface area contributed by atoms with Gasteiger partial charge in [0.05, 0.1) is 0 Å². The molecule has 0 saturated heterocycles. The standard InChI is InChI=1S/C17H29N/c1-12(18)17(4-2-3-5-17)16-9-13-6-14(10-16)8-15(7-13)11-16/h12-15H,2-11,18H2,1H3. The van der Waals surface area contributed by atoms with Crippen LogP contribution in [0.1, 0.15) is 71.1 Å². The highest BCUT2D eigenvalue weighted by Crippen LogP contribution is 2.69. The van der Waals surface area contributed by atoms with Crippen LogP contribution in [0.15, 0.2) is 0 Å². The van der Waals surface area contributed by atoms with Crippen LogP contribution in [0.2, 0.25) is 0 Å². The Morgan fingerprint density at radius 3 is 1.72 bits per heavy atom. The Morgan fingerprint density at radius 2 is 1.33 bits per heavy atom. The minimum Gasteiger partial charge on any atom is -0.327 e. The van der Waals surface area contributed by atoms with Gasteiger partial charge in [-0.1, -0.05) is 12.8 Å². The van der Waals surface area contributed by atoms with Crippen LogP contribution in [0.5, 0.6) is 0 Å². The quantitative estimate of drug-likeness (QED) is 0.781. The van der Waals surface area contributed by atoms with E-state index in [2.05, 4.69) is 6.92 Å². The zero-order chi connectivity index (χ0) is 12.4. The molecule has 0 spiro atoms. The molecule has 18 heavy (non-hydrogen) atoms. The first kappa shape index (κ1) is 11.8. The molecule has 1 heteroatoms. The molecule has 0 aromatic carbocycles. The Bertz CT molecular complexity index is 302. The van der Waals surface area contributed by atoms with Crippen molar-refractivity contribution in [3.63, 3.8) is 0 Å². The topological polar surface area (TPSA) is 26.0 Å². The summed E-state index contributed by atoms with van der Waals surface area (Å²) in [6, 6.07) is 0.427. The molecule has 5 aliphatic carbocycles. The third kappa shape index (κ3) is 1.38. The molecule has 1 unspecified atom stereocenters. The van der Waals surface area contributed by atoms with Crippen molar-refractivity contribution >= 4 is 0 Å². The summed E-state index contributed by atoms with van der Waals surface area (Å²) in [5, 5.41) is 0. The number of rotatable bonds is 2. The van der Waals surface area contributed by atoms with Gasteiger partial charge in [0, 0.05) is 6.04 Å². The van der Waals surface area contributed by atoms with Gasteiger partial charge in [0.2, 0.25) is 0 Å². The lowest BCUT2D eigenvalue weighted by Crippen LogP contribution is -2.58. The second-order valence-electron chi connectivity index (χ2n) is 8.35. The maximum Gasteiger partial charge on any atom is 0.00723 e. The third-order valence-corrected chi connectivity index (χ3v) is 7.46. The molecule has 0 heterocycles. The Balaban J connectivity index is 1.73. The summed E-state index contributed by atoms with van der Waals surface area (Å²) in [6.07, 6.45) is 15.1. The molecule has 0 amide bonds. The van der Waals surface area contributed by atoms with Crippen molar-refractivity contribution in [3.8, 4) is 0 Å². The van der Waals surface area contributed by atoms with Gasteiger partial charge in [-0.05, 0) is 86.9 Å². The molecule has 5 fully saturated rings. The molecule has 1 nitrogen and oxygen atoms in total. The molecule has 5 saturated carbocycles. The Kier molecular flexibility index (Phi) is 2.45. The Morgan fingerprint density at radius 1 is 0.889 bits per heavy atom. The fraction of sp³-hybridized carbons (Fsp3) is 1.00. The largest absolute Gasteiger partial charge is 0.327 e. The van der Waals surface area contributed by atoms with Crippen LogP contribution in [0.3, 0.4) is 0 Å². The minimum absolute atomic E-state index is 0.427. The van der Waals surface area contributed by atoms with Crippen LogP contribution in [0.25, 0.3) is 0 Å². The van der Waals surface area contributed by atoms with E-state index < -0.39 is 0 Å². The third-order valence-electron chi connectivity index (χ3n) is 7.46. The van der Waals surface area contributed by atoms with Gasteiger partial charge in [0.25, 0.3) is 0 Å². The predicted molar refractivity (Wildman–Crippen MR) is 75.2 cm³/mol. The van der Waals surface area contributed by atoms with E-state index >= 15 is 0 Å². The van der Waals surface area contributed by atoms with Crippen molar-refractivity contribution in [2.24, 2.45) is 34.3 Å². The number of hydrogen-bond donors (Lipinski definition) is 1. The normalized spacial score (nSPS) is 50.7. The molecule has 2 N–H and O–H groups in total. The summed E-state index contributed by atoms with van der Waals surface area (Å²) in [7, 11) is 0. The van der Waals surface area contributed by atoms with Crippen molar-refractivity contribution < 1.29 is 0 Å². The van der Waals surface area contributed by atoms with Gasteiger partial charge < -0.3 is 5.73 Å². The van der Waals surface area contributed by atoms with E-state index in [1.165, 1.54) is 25.7 Å². The Labute approximate surface area is 112 Å². The highest BCUT2D eigenvalue weighted by molar-refractivity contribution is 5.12. The fourth-order valence-electron chi connectivity index (χ4n) is 7.19. The first-order valence-corrected chi connectivity index (χ1v) is 8.39. The van der Waals surface area contributed by atoms with E-state index in [-0.39, 0.29) is 0 Å². The molecule has 0 aromatic heterocycles. The molecule has 1 atom stereocenters. The molecule has 0 aliphatic heterocycles. The van der Waals surface area contributed by atoms with E-state index in [9.17, 15) is 0 Å². The summed E-state index contributed by atoms with van der Waals surface area (Å²) in [4.78, 5) is 0. The summed E-state index contributed by atoms with van der Waals surface area (Å²) in [5.41, 5.74) is 7.76. The zero-order valence-electron chi connectivity index (χ0n) is 12.0. The average Bonchev–Trinajstić information content (AvgIpc) is 2.77. The van der Waals surface area contributed by atoms with Crippen LogP contribution in [0.4, 0.5) is 0 Å². The average molecular weight is 247 g/mol. The minimum atomic E-state index is 0.427. The molecule has 0 radical (unpaired) electrons. The number of hydrogen-bond acceptors (Lipinski definition) is 1. The lowest BCUT2D eigenvalue weighted by molar-refractivity contribution is -0.137. The van der Waals surface area contributed by atoms with Crippen LogP contribution in [0, 0.1) is 28.6 Å². The second kappa shape index (κ2) is 3.75. The van der Waals surface area contributed by atoms with E-state index in [0.717, 1.165) is 17.8 Å². The molecular formula is C17H29N. The first-order chi connectivity index (χ1) is 8.64. The highest BCUT2D eigenvalue weighted by atomic mass is 14.8. The lowest BCUT2D eigenvalue weighted by Gasteiger charge is -2.64. The number of nitrogens with two attached hydrogens (primary N) is 1. The van der Waals surface area contributed by atoms with Crippen molar-refractivity contribution in [1.82, 2.24) is 0 Å². The van der Waals surface area contributed by atoms with Gasteiger partial charge in [0.15, 0.2) is 0 Å². The predicted octanol–water partition coefficient (Wildman–Crippen LogP) is 4.11. The van der Waals surface area contributed by atoms with Gasteiger partial charge in [-0.2, -0.15) is 0 Å². The van der Waals surface area contributed by atoms with Crippen molar-refractivity contribution in [2.75, 3.05) is 0 Å². The van der Waals surface area contributed by atoms with Crippen LogP contribution in [-0.2, 0) is 0 Å². The lowest BCUT2D eigenvalue weighted by atomic mass is 9.41. The van der Waals surface area contributed by atoms with E-state index in [4.69, 9.17) is 5.73 Å². The van der Waals surface area contributed by atoms with Gasteiger partial charge >= 0.3 is 0 Å². The molecule has 4 bridgehead atoms. The monoisotopic (exact) mass is 247 g/mol. The van der Waals surface area contributed by atoms with E-state index in [0.29, 0.717) is 16.9 Å². The highest BCUT2D eigenvalue weighted by Gasteiger charge is 2.61. The van der Waals surface area contributed by atoms with Crippen molar-refractivity contribution in [1.29, 1.82) is 0 Å². The van der Waals surface area contributed by atoms with Crippen LogP contribution >= 0.6 is 0 Å². The van der Waals surface area contributed by atoms with E-state index in [1.807, 2.05) is 0 Å². The van der Waals surface area contributed by atoms with Crippen molar-refractivity contribution in [2.45, 2.75) is 77.2 Å². The SMILES string of the molecule is CC(N)C1(C23CC4CC(CC(C4)C2)C3)CCCC1. The van der Waals surface area contributed by atoms with Crippen LogP contribution < -0.4 is 5.73 Å². The van der Waals surface area contributed by atoms with E-state index in [1.54, 1.807) is 38.5 Å². The van der Waals surface area contributed by atoms with Gasteiger partial charge in [-0.3, -0.25) is 0 Å². The summed E-state index contributed by atoms with van der Waals surface area (Å²) >= 11 is 0. The molecular weight excluding hydrogens is 218 g/mol. The maximum atomic E-state index is 6.55. The Hall–Kier alpha value is -0.0400. The van der Waals surface area contributed by atoms with Crippen molar-refractivity contribution in [3.05, 3.63) is 0 Å². The van der Waals surface area contributed by atoms with Gasteiger partial charge in [-0.15, -0.1) is 0 Å².